The third-order valence-corrected chi connectivity index (χ3v) is 7.69. The van der Waals surface area contributed by atoms with Gasteiger partial charge in [-0.3, -0.25) is 4.79 Å². The molecule has 0 saturated heterocycles. The number of hydrogen-bond acceptors (Lipinski definition) is 5. The fourth-order valence-corrected chi connectivity index (χ4v) is 5.11. The molecule has 0 N–H and O–H groups in total. The lowest BCUT2D eigenvalue weighted by Gasteiger charge is -2.28. The second-order valence-corrected chi connectivity index (χ2v) is 13.3. The molecule has 0 amide bonds. The van der Waals surface area contributed by atoms with E-state index in [1.165, 1.54) is 11.1 Å². The summed E-state index contributed by atoms with van der Waals surface area (Å²) in [5.41, 5.74) is 6.51. The van der Waals surface area contributed by atoms with Gasteiger partial charge in [0, 0.05) is 22.6 Å². The minimum Gasteiger partial charge on any atom is -0.480 e. The van der Waals surface area contributed by atoms with Crippen LogP contribution in [0.15, 0.2) is 101 Å². The van der Waals surface area contributed by atoms with Crippen LogP contribution in [-0.4, -0.2) is 11.9 Å². The summed E-state index contributed by atoms with van der Waals surface area (Å²) in [7, 11) is 0. The zero-order chi connectivity index (χ0) is 31.6. The molecule has 0 atom stereocenters. The van der Waals surface area contributed by atoms with Crippen molar-refractivity contribution in [3.05, 3.63) is 118 Å². The van der Waals surface area contributed by atoms with Crippen LogP contribution in [0.25, 0.3) is 6.08 Å². The lowest BCUT2D eigenvalue weighted by Crippen LogP contribution is -2.20. The van der Waals surface area contributed by atoms with Gasteiger partial charge in [0.25, 0.3) is 0 Å². The van der Waals surface area contributed by atoms with Crippen LogP contribution in [0.3, 0.4) is 0 Å². The molecule has 5 nitrogen and oxygen atoms in total. The quantitative estimate of drug-likeness (QED) is 0.218. The minimum atomic E-state index is -0.865. The zero-order valence-corrected chi connectivity index (χ0v) is 26.3. The molecule has 0 saturated carbocycles. The highest BCUT2D eigenvalue weighted by Crippen LogP contribution is 2.40. The number of carbonyl (C=O) groups excluding carboxylic acids is 1. The Balaban J connectivity index is 1.73. The van der Waals surface area contributed by atoms with E-state index < -0.39 is 5.60 Å². The largest absolute Gasteiger partial charge is 0.480 e. The highest BCUT2D eigenvalue weighted by Gasteiger charge is 2.38. The highest BCUT2D eigenvalue weighted by atomic mass is 16.5. The fourth-order valence-electron chi connectivity index (χ4n) is 5.11. The van der Waals surface area contributed by atoms with Crippen molar-refractivity contribution in [2.45, 2.75) is 71.8 Å². The van der Waals surface area contributed by atoms with Gasteiger partial charge >= 0.3 is 0 Å². The van der Waals surface area contributed by atoms with Gasteiger partial charge in [-0.05, 0) is 77.8 Å². The van der Waals surface area contributed by atoms with E-state index in [1.54, 1.807) is 0 Å². The van der Waals surface area contributed by atoms with Crippen molar-refractivity contribution in [3.63, 3.8) is 0 Å². The number of rotatable bonds is 6. The third-order valence-electron chi connectivity index (χ3n) is 7.69. The summed E-state index contributed by atoms with van der Waals surface area (Å²) < 4.78 is 5.88. The molecule has 1 aliphatic heterocycles. The molecule has 1 heterocycles. The Bertz CT molecular complexity index is 1600. The SMILES string of the molecule is CC1(C)OC(=C(C#N)C#N)C(C=O)=C1/C=C/c1ccc(N(c2ccc(C(C)(C)C)cc2)c2ccc(C(C)(C)C)cc2)cc1. The predicted octanol–water partition coefficient (Wildman–Crippen LogP) is 9.37. The van der Waals surface area contributed by atoms with Crippen molar-refractivity contribution in [3.8, 4) is 12.1 Å². The molecule has 0 aromatic heterocycles. The molecule has 3 aromatic rings. The maximum absolute atomic E-state index is 12.0. The van der Waals surface area contributed by atoms with Crippen molar-refractivity contribution in [2.75, 3.05) is 4.90 Å². The van der Waals surface area contributed by atoms with Crippen LogP contribution in [0.2, 0.25) is 0 Å². The van der Waals surface area contributed by atoms with Crippen LogP contribution in [0.5, 0.6) is 0 Å². The van der Waals surface area contributed by atoms with Gasteiger partial charge < -0.3 is 9.64 Å². The lowest BCUT2D eigenvalue weighted by atomic mass is 9.86. The van der Waals surface area contributed by atoms with E-state index in [0.717, 1.165) is 22.6 Å². The fraction of sp³-hybridized carbons (Fsp3) is 0.289. The Kier molecular flexibility index (Phi) is 8.52. The normalized spacial score (nSPS) is 14.7. The van der Waals surface area contributed by atoms with Crippen LogP contribution in [0, 0.1) is 22.7 Å². The highest BCUT2D eigenvalue weighted by molar-refractivity contribution is 5.86. The Morgan fingerprint density at radius 2 is 1.14 bits per heavy atom. The lowest BCUT2D eigenvalue weighted by molar-refractivity contribution is -0.104. The van der Waals surface area contributed by atoms with E-state index >= 15 is 0 Å². The average molecular weight is 570 g/mol. The van der Waals surface area contributed by atoms with Gasteiger partial charge in [0.15, 0.2) is 17.6 Å². The van der Waals surface area contributed by atoms with Gasteiger partial charge in [-0.15, -0.1) is 0 Å². The molecule has 0 aliphatic carbocycles. The Hall–Kier alpha value is -4.87. The summed E-state index contributed by atoms with van der Waals surface area (Å²) in [6.07, 6.45) is 4.39. The molecule has 0 unspecified atom stereocenters. The predicted molar refractivity (Wildman–Crippen MR) is 174 cm³/mol. The van der Waals surface area contributed by atoms with E-state index in [2.05, 4.69) is 107 Å². The van der Waals surface area contributed by atoms with Crippen LogP contribution in [-0.2, 0) is 20.4 Å². The van der Waals surface area contributed by atoms with E-state index in [9.17, 15) is 15.3 Å². The van der Waals surface area contributed by atoms with E-state index in [4.69, 9.17) is 4.74 Å². The molecule has 218 valence electrons. The monoisotopic (exact) mass is 569 g/mol. The van der Waals surface area contributed by atoms with Gasteiger partial charge in [0.2, 0.25) is 0 Å². The molecule has 0 fully saturated rings. The van der Waals surface area contributed by atoms with Crippen molar-refractivity contribution in [1.82, 2.24) is 0 Å². The summed E-state index contributed by atoms with van der Waals surface area (Å²) in [5, 5.41) is 18.7. The summed E-state index contributed by atoms with van der Waals surface area (Å²) in [5.74, 6) is 0.0330. The van der Waals surface area contributed by atoms with E-state index in [0.29, 0.717) is 11.9 Å². The summed E-state index contributed by atoms with van der Waals surface area (Å²) in [6, 6.07) is 29.3. The Morgan fingerprint density at radius 3 is 1.51 bits per heavy atom. The number of anilines is 3. The number of carbonyl (C=O) groups is 1. The number of nitriles is 2. The molecule has 0 spiro atoms. The molecule has 5 heteroatoms. The maximum Gasteiger partial charge on any atom is 0.172 e. The Morgan fingerprint density at radius 1 is 0.721 bits per heavy atom. The van der Waals surface area contributed by atoms with Gasteiger partial charge in [0.1, 0.15) is 17.7 Å². The van der Waals surface area contributed by atoms with E-state index in [1.807, 2.05) is 50.3 Å². The first-order chi connectivity index (χ1) is 20.2. The average Bonchev–Trinajstić information content (AvgIpc) is 3.22. The van der Waals surface area contributed by atoms with Crippen molar-refractivity contribution in [2.24, 2.45) is 0 Å². The summed E-state index contributed by atoms with van der Waals surface area (Å²) in [4.78, 5) is 14.2. The topological polar surface area (TPSA) is 77.1 Å². The zero-order valence-electron chi connectivity index (χ0n) is 26.3. The number of aldehydes is 1. The first kappa shape index (κ1) is 31.1. The van der Waals surface area contributed by atoms with Gasteiger partial charge in [-0.2, -0.15) is 10.5 Å². The third kappa shape index (κ3) is 6.63. The molecule has 0 bridgehead atoms. The maximum atomic E-state index is 12.0. The molecule has 1 aliphatic rings. The second kappa shape index (κ2) is 11.8. The smallest absolute Gasteiger partial charge is 0.172 e. The molecule has 0 radical (unpaired) electrons. The number of allylic oxidation sites excluding steroid dienone is 2. The summed E-state index contributed by atoms with van der Waals surface area (Å²) >= 11 is 0. The first-order valence-electron chi connectivity index (χ1n) is 14.4. The van der Waals surface area contributed by atoms with Gasteiger partial charge in [-0.1, -0.05) is 90.1 Å². The van der Waals surface area contributed by atoms with Crippen LogP contribution >= 0.6 is 0 Å². The second-order valence-electron chi connectivity index (χ2n) is 13.3. The number of ether oxygens (including phenoxy) is 1. The Labute approximate surface area is 256 Å². The van der Waals surface area contributed by atoms with Crippen molar-refractivity contribution < 1.29 is 9.53 Å². The first-order valence-corrected chi connectivity index (χ1v) is 14.4. The van der Waals surface area contributed by atoms with Gasteiger partial charge in [-0.25, -0.2) is 0 Å². The number of nitrogens with zero attached hydrogens (tertiary/aromatic N) is 3. The number of hydrogen-bond donors (Lipinski definition) is 0. The van der Waals surface area contributed by atoms with Crippen molar-refractivity contribution >= 4 is 29.4 Å². The standard InChI is InChI=1S/C38H39N3O2/c1-36(2,3)28-12-18-31(19-13-28)41(32-20-14-29(15-21-32)37(4,5)6)30-16-9-26(10-17-30)11-22-34-33(25-42)35(27(23-39)24-40)43-38(34,7)8/h9-22,25H,1-8H3/b22-11+. The minimum absolute atomic E-state index is 0.0330. The number of benzene rings is 3. The molecule has 4 rings (SSSR count). The van der Waals surface area contributed by atoms with Gasteiger partial charge in [0.05, 0.1) is 5.57 Å². The van der Waals surface area contributed by atoms with E-state index in [-0.39, 0.29) is 27.7 Å². The molecular formula is C38H39N3O2. The molecular weight excluding hydrogens is 530 g/mol. The van der Waals surface area contributed by atoms with Crippen LogP contribution < -0.4 is 4.90 Å². The van der Waals surface area contributed by atoms with Crippen molar-refractivity contribution in [1.29, 1.82) is 10.5 Å². The van der Waals surface area contributed by atoms with Crippen LogP contribution in [0.4, 0.5) is 17.1 Å². The molecule has 3 aromatic carbocycles. The molecule has 43 heavy (non-hydrogen) atoms. The summed E-state index contributed by atoms with van der Waals surface area (Å²) in [6.45, 7) is 16.9. The van der Waals surface area contributed by atoms with Crippen LogP contribution in [0.1, 0.15) is 72.1 Å².